The Kier molecular flexibility index (Phi) is 4.73. The van der Waals surface area contributed by atoms with Gasteiger partial charge in [-0.3, -0.25) is 0 Å². The second-order valence-corrected chi connectivity index (χ2v) is 5.62. The summed E-state index contributed by atoms with van der Waals surface area (Å²) in [6.07, 6.45) is 0.743. The minimum absolute atomic E-state index is 0.0520. The van der Waals surface area contributed by atoms with Crippen LogP contribution in [0.3, 0.4) is 0 Å². The van der Waals surface area contributed by atoms with Crippen LogP contribution < -0.4 is 5.32 Å². The van der Waals surface area contributed by atoms with E-state index < -0.39 is 0 Å². The summed E-state index contributed by atoms with van der Waals surface area (Å²) >= 11 is 15.4. The highest BCUT2D eigenvalue weighted by Crippen LogP contribution is 2.27. The molecule has 0 saturated carbocycles. The lowest BCUT2D eigenvalue weighted by Gasteiger charge is -2.14. The zero-order valence-electron chi connectivity index (χ0n) is 9.71. The molecule has 96 valence electrons. The predicted molar refractivity (Wildman–Crippen MR) is 78.4 cm³/mol. The van der Waals surface area contributed by atoms with E-state index in [0.717, 1.165) is 27.2 Å². The first-order valence-electron chi connectivity index (χ1n) is 5.46. The molecule has 0 fully saturated rings. The number of benzene rings is 1. The molecule has 18 heavy (non-hydrogen) atoms. The van der Waals surface area contributed by atoms with Gasteiger partial charge in [-0.05, 0) is 54.9 Å². The van der Waals surface area contributed by atoms with Crippen LogP contribution in [-0.4, -0.2) is 7.05 Å². The molecule has 0 saturated heterocycles. The van der Waals surface area contributed by atoms with Crippen molar-refractivity contribution in [3.05, 3.63) is 56.4 Å². The van der Waals surface area contributed by atoms with Crippen LogP contribution in [0.5, 0.6) is 0 Å². The number of hydrogen-bond donors (Lipinski definition) is 1. The van der Waals surface area contributed by atoms with Crippen LogP contribution in [0.4, 0.5) is 0 Å². The highest BCUT2D eigenvalue weighted by Gasteiger charge is 2.15. The maximum atomic E-state index is 6.21. The summed E-state index contributed by atoms with van der Waals surface area (Å²) in [7, 11) is 1.88. The molecule has 0 amide bonds. The molecule has 0 aliphatic rings. The van der Waals surface area contributed by atoms with E-state index in [9.17, 15) is 0 Å². The summed E-state index contributed by atoms with van der Waals surface area (Å²) in [4.78, 5) is 0. The number of hydrogen-bond acceptors (Lipinski definition) is 2. The molecule has 1 aromatic carbocycles. The van der Waals surface area contributed by atoms with Crippen molar-refractivity contribution >= 4 is 39.1 Å². The molecule has 5 heteroatoms. The van der Waals surface area contributed by atoms with Crippen LogP contribution in [0.2, 0.25) is 10.2 Å². The van der Waals surface area contributed by atoms with Gasteiger partial charge in [-0.15, -0.1) is 0 Å². The SMILES string of the molecule is CNC(Cc1ccc(Br)cc1Cl)c1ccc(Cl)o1. The average Bonchev–Trinajstić information content (AvgIpc) is 2.75. The number of halogens is 3. The van der Waals surface area contributed by atoms with E-state index in [-0.39, 0.29) is 6.04 Å². The van der Waals surface area contributed by atoms with Gasteiger partial charge in [-0.25, -0.2) is 0 Å². The highest BCUT2D eigenvalue weighted by molar-refractivity contribution is 9.10. The topological polar surface area (TPSA) is 25.2 Å². The molecule has 1 aromatic heterocycles. The van der Waals surface area contributed by atoms with Crippen molar-refractivity contribution in [1.29, 1.82) is 0 Å². The summed E-state index contributed by atoms with van der Waals surface area (Å²) < 4.78 is 6.39. The quantitative estimate of drug-likeness (QED) is 0.854. The molecule has 0 bridgehead atoms. The molecule has 1 heterocycles. The van der Waals surface area contributed by atoms with Crippen molar-refractivity contribution in [2.24, 2.45) is 0 Å². The Morgan fingerprint density at radius 2 is 2.06 bits per heavy atom. The normalized spacial score (nSPS) is 12.7. The Balaban J connectivity index is 2.20. The molecule has 0 spiro atoms. The van der Waals surface area contributed by atoms with Crippen molar-refractivity contribution in [3.8, 4) is 0 Å². The van der Waals surface area contributed by atoms with Gasteiger partial charge in [0.05, 0.1) is 6.04 Å². The molecule has 2 aromatic rings. The number of furan rings is 1. The Morgan fingerprint density at radius 1 is 1.28 bits per heavy atom. The summed E-state index contributed by atoms with van der Waals surface area (Å²) in [6.45, 7) is 0. The van der Waals surface area contributed by atoms with E-state index in [1.54, 1.807) is 6.07 Å². The summed E-state index contributed by atoms with van der Waals surface area (Å²) in [6, 6.07) is 9.53. The van der Waals surface area contributed by atoms with Crippen LogP contribution >= 0.6 is 39.1 Å². The molecular formula is C13H12BrCl2NO. The Labute approximate surface area is 124 Å². The molecular weight excluding hydrogens is 337 g/mol. The van der Waals surface area contributed by atoms with Crippen molar-refractivity contribution in [2.75, 3.05) is 7.05 Å². The van der Waals surface area contributed by atoms with Gasteiger partial charge in [0.1, 0.15) is 5.76 Å². The standard InChI is InChI=1S/C13H12BrCl2NO/c1-17-11(12-4-5-13(16)18-12)6-8-2-3-9(14)7-10(8)15/h2-5,7,11,17H,6H2,1H3. The third kappa shape index (κ3) is 3.29. The van der Waals surface area contributed by atoms with Crippen molar-refractivity contribution in [3.63, 3.8) is 0 Å². The Hall–Kier alpha value is -0.480. The summed E-state index contributed by atoms with van der Waals surface area (Å²) in [5.41, 5.74) is 1.06. The maximum Gasteiger partial charge on any atom is 0.193 e. The number of likely N-dealkylation sites (N-methyl/N-ethyl adjacent to an activating group) is 1. The van der Waals surface area contributed by atoms with Crippen LogP contribution in [0.1, 0.15) is 17.4 Å². The lowest BCUT2D eigenvalue weighted by atomic mass is 10.0. The fourth-order valence-corrected chi connectivity index (χ4v) is 2.67. The first-order chi connectivity index (χ1) is 8.60. The third-order valence-corrected chi connectivity index (χ3v) is 3.77. The Morgan fingerprint density at radius 3 is 2.61 bits per heavy atom. The highest BCUT2D eigenvalue weighted by atomic mass is 79.9. The van der Waals surface area contributed by atoms with Gasteiger partial charge in [-0.1, -0.05) is 33.6 Å². The Bertz CT molecular complexity index is 542. The van der Waals surface area contributed by atoms with Gasteiger partial charge in [0.25, 0.3) is 0 Å². The van der Waals surface area contributed by atoms with Gasteiger partial charge in [-0.2, -0.15) is 0 Å². The maximum absolute atomic E-state index is 6.21. The second-order valence-electron chi connectivity index (χ2n) is 3.92. The fourth-order valence-electron chi connectivity index (χ4n) is 1.77. The summed E-state index contributed by atoms with van der Waals surface area (Å²) in [5, 5.41) is 4.33. The van der Waals surface area contributed by atoms with Crippen molar-refractivity contribution < 1.29 is 4.42 Å². The number of nitrogens with one attached hydrogen (secondary N) is 1. The minimum Gasteiger partial charge on any atom is -0.448 e. The molecule has 2 nitrogen and oxygen atoms in total. The third-order valence-electron chi connectivity index (χ3n) is 2.73. The lowest BCUT2D eigenvalue weighted by Crippen LogP contribution is -2.18. The molecule has 0 aliphatic heterocycles. The molecule has 0 radical (unpaired) electrons. The molecule has 1 atom stereocenters. The second kappa shape index (κ2) is 6.11. The van der Waals surface area contributed by atoms with Gasteiger partial charge in [0, 0.05) is 9.50 Å². The van der Waals surface area contributed by atoms with Gasteiger partial charge in [0.2, 0.25) is 0 Å². The first-order valence-corrected chi connectivity index (χ1v) is 7.01. The van der Waals surface area contributed by atoms with E-state index in [1.807, 2.05) is 31.3 Å². The lowest BCUT2D eigenvalue weighted by molar-refractivity contribution is 0.430. The van der Waals surface area contributed by atoms with Gasteiger partial charge >= 0.3 is 0 Å². The van der Waals surface area contributed by atoms with Crippen molar-refractivity contribution in [2.45, 2.75) is 12.5 Å². The van der Waals surface area contributed by atoms with Gasteiger partial charge < -0.3 is 9.73 Å². The van der Waals surface area contributed by atoms with E-state index in [2.05, 4.69) is 21.2 Å². The summed E-state index contributed by atoms with van der Waals surface area (Å²) in [5.74, 6) is 0.807. The van der Waals surface area contributed by atoms with E-state index in [0.29, 0.717) is 5.22 Å². The van der Waals surface area contributed by atoms with Gasteiger partial charge in [0.15, 0.2) is 5.22 Å². The molecule has 1 N–H and O–H groups in total. The van der Waals surface area contributed by atoms with Crippen molar-refractivity contribution in [1.82, 2.24) is 5.32 Å². The van der Waals surface area contributed by atoms with Crippen LogP contribution in [0.15, 0.2) is 39.2 Å². The fraction of sp³-hybridized carbons (Fsp3) is 0.231. The van der Waals surface area contributed by atoms with Crippen LogP contribution in [-0.2, 0) is 6.42 Å². The largest absolute Gasteiger partial charge is 0.448 e. The van der Waals surface area contributed by atoms with E-state index in [1.165, 1.54) is 0 Å². The first kappa shape index (κ1) is 13.9. The molecule has 1 unspecified atom stereocenters. The minimum atomic E-state index is 0.0520. The zero-order valence-corrected chi connectivity index (χ0v) is 12.8. The van der Waals surface area contributed by atoms with Crippen LogP contribution in [0, 0.1) is 0 Å². The monoisotopic (exact) mass is 347 g/mol. The predicted octanol–water partition coefficient (Wildman–Crippen LogP) is 4.85. The van der Waals surface area contributed by atoms with E-state index in [4.69, 9.17) is 27.6 Å². The average molecular weight is 349 g/mol. The molecule has 0 aliphatic carbocycles. The molecule has 2 rings (SSSR count). The zero-order chi connectivity index (χ0) is 13.1. The van der Waals surface area contributed by atoms with E-state index >= 15 is 0 Å². The number of rotatable bonds is 4. The smallest absolute Gasteiger partial charge is 0.193 e. The van der Waals surface area contributed by atoms with Crippen LogP contribution in [0.25, 0.3) is 0 Å².